The lowest BCUT2D eigenvalue weighted by atomic mass is 10.2. The van der Waals surface area contributed by atoms with Gasteiger partial charge < -0.3 is 15.8 Å². The summed E-state index contributed by atoms with van der Waals surface area (Å²) in [6.07, 6.45) is 0. The van der Waals surface area contributed by atoms with E-state index in [2.05, 4.69) is 25.9 Å². The van der Waals surface area contributed by atoms with Gasteiger partial charge in [-0.2, -0.15) is 0 Å². The zero-order valence-electron chi connectivity index (χ0n) is 8.07. The third-order valence-electron chi connectivity index (χ3n) is 2.04. The quantitative estimate of drug-likeness (QED) is 0.781. The smallest absolute Gasteiger partial charge is 0.272 e. The summed E-state index contributed by atoms with van der Waals surface area (Å²) < 4.78 is 0.933. The molecule has 16 heavy (non-hydrogen) atoms. The fourth-order valence-corrected chi connectivity index (χ4v) is 1.54. The SMILES string of the molecule is NC(=O)c1nc(-c2ccc(Br)cc2)[nH]c1O. The number of imidazole rings is 1. The minimum absolute atomic E-state index is 0.155. The number of primary amides is 1. The van der Waals surface area contributed by atoms with Crippen LogP contribution in [0.4, 0.5) is 0 Å². The second-order valence-corrected chi connectivity index (χ2v) is 4.07. The van der Waals surface area contributed by atoms with Gasteiger partial charge in [-0.1, -0.05) is 28.1 Å². The summed E-state index contributed by atoms with van der Waals surface area (Å²) >= 11 is 3.31. The summed E-state index contributed by atoms with van der Waals surface area (Å²) in [6, 6.07) is 7.26. The Bertz CT molecular complexity index is 533. The molecule has 1 heterocycles. The summed E-state index contributed by atoms with van der Waals surface area (Å²) in [4.78, 5) is 17.4. The predicted octanol–water partition coefficient (Wildman–Crippen LogP) is 1.64. The third kappa shape index (κ3) is 1.92. The number of nitrogens with zero attached hydrogens (tertiary/aromatic N) is 1. The maximum atomic E-state index is 10.9. The van der Waals surface area contributed by atoms with E-state index in [4.69, 9.17) is 5.73 Å². The third-order valence-corrected chi connectivity index (χ3v) is 2.56. The Labute approximate surface area is 99.4 Å². The molecule has 2 rings (SSSR count). The molecular formula is C10H8BrN3O2. The molecule has 1 aromatic carbocycles. The van der Waals surface area contributed by atoms with Crippen LogP contribution in [0.5, 0.6) is 5.88 Å². The van der Waals surface area contributed by atoms with Crippen molar-refractivity contribution in [2.45, 2.75) is 0 Å². The van der Waals surface area contributed by atoms with Crippen molar-refractivity contribution < 1.29 is 9.90 Å². The molecule has 0 aliphatic carbocycles. The molecule has 0 unspecified atom stereocenters. The Hall–Kier alpha value is -1.82. The number of carbonyl (C=O) groups excluding carboxylic acids is 1. The van der Waals surface area contributed by atoms with Gasteiger partial charge >= 0.3 is 0 Å². The first kappa shape index (κ1) is 10.7. The number of aromatic nitrogens is 2. The average Bonchev–Trinajstić information content (AvgIpc) is 2.61. The lowest BCUT2D eigenvalue weighted by Gasteiger charge is -1.95. The van der Waals surface area contributed by atoms with Crippen molar-refractivity contribution in [3.05, 3.63) is 34.4 Å². The Morgan fingerprint density at radius 1 is 1.38 bits per heavy atom. The summed E-state index contributed by atoms with van der Waals surface area (Å²) in [6.45, 7) is 0. The minimum atomic E-state index is -0.767. The van der Waals surface area contributed by atoms with Crippen LogP contribution in [0, 0.1) is 0 Å². The number of aromatic amines is 1. The number of aromatic hydroxyl groups is 1. The highest BCUT2D eigenvalue weighted by atomic mass is 79.9. The fraction of sp³-hybridized carbons (Fsp3) is 0. The van der Waals surface area contributed by atoms with Gasteiger partial charge in [-0.3, -0.25) is 4.79 Å². The number of H-pyrrole nitrogens is 1. The Morgan fingerprint density at radius 3 is 2.50 bits per heavy atom. The van der Waals surface area contributed by atoms with Gasteiger partial charge in [0, 0.05) is 10.0 Å². The molecule has 1 aromatic heterocycles. The number of rotatable bonds is 2. The first-order chi connectivity index (χ1) is 7.58. The van der Waals surface area contributed by atoms with Gasteiger partial charge in [-0.15, -0.1) is 0 Å². The van der Waals surface area contributed by atoms with E-state index in [0.29, 0.717) is 5.82 Å². The zero-order valence-corrected chi connectivity index (χ0v) is 9.65. The molecule has 0 saturated heterocycles. The van der Waals surface area contributed by atoms with Crippen LogP contribution in [0.2, 0.25) is 0 Å². The number of benzene rings is 1. The molecule has 4 N–H and O–H groups in total. The van der Waals surface area contributed by atoms with Crippen LogP contribution in [-0.4, -0.2) is 21.0 Å². The van der Waals surface area contributed by atoms with Gasteiger partial charge in [0.2, 0.25) is 5.88 Å². The molecule has 0 aliphatic heterocycles. The maximum Gasteiger partial charge on any atom is 0.272 e. The molecule has 0 aliphatic rings. The van der Waals surface area contributed by atoms with E-state index in [1.165, 1.54) is 0 Å². The molecule has 6 heteroatoms. The lowest BCUT2D eigenvalue weighted by molar-refractivity contribution is 0.0993. The van der Waals surface area contributed by atoms with Gasteiger partial charge in [-0.25, -0.2) is 4.98 Å². The van der Waals surface area contributed by atoms with Crippen LogP contribution in [0.3, 0.4) is 0 Å². The fourth-order valence-electron chi connectivity index (χ4n) is 1.28. The second-order valence-electron chi connectivity index (χ2n) is 3.15. The van der Waals surface area contributed by atoms with Crippen molar-refractivity contribution in [3.8, 4) is 17.3 Å². The second kappa shape index (κ2) is 3.97. The van der Waals surface area contributed by atoms with Gasteiger partial charge in [0.05, 0.1) is 0 Å². The van der Waals surface area contributed by atoms with Gasteiger partial charge in [0.25, 0.3) is 5.91 Å². The molecule has 0 spiro atoms. The van der Waals surface area contributed by atoms with E-state index in [-0.39, 0.29) is 11.6 Å². The standard InChI is InChI=1S/C10H8BrN3O2/c11-6-3-1-5(2-4-6)9-13-7(8(12)15)10(16)14-9/h1-4,16H,(H2,12,15)(H,13,14). The van der Waals surface area contributed by atoms with Crippen LogP contribution >= 0.6 is 15.9 Å². The summed E-state index contributed by atoms with van der Waals surface area (Å²) in [5.74, 6) is -0.679. The Balaban J connectivity index is 2.45. The Kier molecular flexibility index (Phi) is 2.66. The van der Waals surface area contributed by atoms with Crippen molar-refractivity contribution in [1.82, 2.24) is 9.97 Å². The molecule has 5 nitrogen and oxygen atoms in total. The highest BCUT2D eigenvalue weighted by Crippen LogP contribution is 2.23. The van der Waals surface area contributed by atoms with E-state index in [9.17, 15) is 9.90 Å². The number of amides is 1. The lowest BCUT2D eigenvalue weighted by Crippen LogP contribution is -2.11. The van der Waals surface area contributed by atoms with Gasteiger partial charge in [-0.05, 0) is 12.1 Å². The molecular weight excluding hydrogens is 274 g/mol. The largest absolute Gasteiger partial charge is 0.493 e. The van der Waals surface area contributed by atoms with Crippen molar-refractivity contribution >= 4 is 21.8 Å². The molecule has 1 amide bonds. The van der Waals surface area contributed by atoms with E-state index < -0.39 is 5.91 Å². The molecule has 2 aromatic rings. The highest BCUT2D eigenvalue weighted by Gasteiger charge is 2.14. The van der Waals surface area contributed by atoms with E-state index in [1.54, 1.807) is 12.1 Å². The molecule has 0 bridgehead atoms. The number of hydrogen-bond donors (Lipinski definition) is 3. The minimum Gasteiger partial charge on any atom is -0.493 e. The average molecular weight is 282 g/mol. The van der Waals surface area contributed by atoms with Crippen molar-refractivity contribution in [2.24, 2.45) is 5.73 Å². The number of hydrogen-bond acceptors (Lipinski definition) is 3. The first-order valence-electron chi connectivity index (χ1n) is 4.42. The van der Waals surface area contributed by atoms with Crippen LogP contribution in [0.1, 0.15) is 10.5 Å². The van der Waals surface area contributed by atoms with Crippen LogP contribution in [0.15, 0.2) is 28.7 Å². The van der Waals surface area contributed by atoms with Crippen molar-refractivity contribution in [3.63, 3.8) is 0 Å². The molecule has 0 fully saturated rings. The number of nitrogens with one attached hydrogen (secondary N) is 1. The van der Waals surface area contributed by atoms with Gasteiger partial charge in [0.15, 0.2) is 5.69 Å². The van der Waals surface area contributed by atoms with Crippen LogP contribution in [0.25, 0.3) is 11.4 Å². The van der Waals surface area contributed by atoms with Gasteiger partial charge in [0.1, 0.15) is 5.82 Å². The highest BCUT2D eigenvalue weighted by molar-refractivity contribution is 9.10. The molecule has 0 atom stereocenters. The summed E-state index contributed by atoms with van der Waals surface area (Å²) in [7, 11) is 0. The molecule has 0 saturated carbocycles. The van der Waals surface area contributed by atoms with Crippen molar-refractivity contribution in [2.75, 3.05) is 0 Å². The number of halogens is 1. The molecule has 82 valence electrons. The molecule has 0 radical (unpaired) electrons. The summed E-state index contributed by atoms with van der Waals surface area (Å²) in [5.41, 5.74) is 5.64. The topological polar surface area (TPSA) is 92.0 Å². The van der Waals surface area contributed by atoms with E-state index >= 15 is 0 Å². The first-order valence-corrected chi connectivity index (χ1v) is 5.22. The van der Waals surface area contributed by atoms with Crippen LogP contribution in [-0.2, 0) is 0 Å². The Morgan fingerprint density at radius 2 is 2.00 bits per heavy atom. The maximum absolute atomic E-state index is 10.9. The number of nitrogens with two attached hydrogens (primary N) is 1. The normalized spacial score (nSPS) is 10.3. The van der Waals surface area contributed by atoms with E-state index in [0.717, 1.165) is 10.0 Å². The van der Waals surface area contributed by atoms with E-state index in [1.807, 2.05) is 12.1 Å². The zero-order chi connectivity index (χ0) is 11.7. The monoisotopic (exact) mass is 281 g/mol. The summed E-state index contributed by atoms with van der Waals surface area (Å²) in [5, 5.41) is 9.39. The number of carbonyl (C=O) groups is 1. The van der Waals surface area contributed by atoms with Crippen molar-refractivity contribution in [1.29, 1.82) is 0 Å². The predicted molar refractivity (Wildman–Crippen MR) is 61.9 cm³/mol. The van der Waals surface area contributed by atoms with Crippen LogP contribution < -0.4 is 5.73 Å².